The summed E-state index contributed by atoms with van der Waals surface area (Å²) >= 11 is 7.28. The molecule has 5 heteroatoms. The molecule has 0 radical (unpaired) electrons. The van der Waals surface area contributed by atoms with Crippen LogP contribution < -0.4 is 5.73 Å². The zero-order valence-electron chi connectivity index (χ0n) is 9.19. The highest BCUT2D eigenvalue weighted by Gasteiger charge is 2.16. The molecule has 0 aliphatic heterocycles. The molecule has 1 atom stereocenters. The van der Waals surface area contributed by atoms with Gasteiger partial charge < -0.3 is 10.2 Å². The Bertz CT molecular complexity index is 706. The second kappa shape index (κ2) is 4.39. The average Bonchev–Trinajstić information content (AvgIpc) is 2.93. The van der Waals surface area contributed by atoms with Gasteiger partial charge in [-0.1, -0.05) is 11.6 Å². The van der Waals surface area contributed by atoms with Crippen LogP contribution in [0.2, 0.25) is 4.34 Å². The predicted octanol–water partition coefficient (Wildman–Crippen LogP) is 4.33. The van der Waals surface area contributed by atoms with Crippen LogP contribution in [0.25, 0.3) is 11.0 Å². The molecule has 92 valence electrons. The Hall–Kier alpha value is -1.36. The molecule has 1 unspecified atom stereocenters. The van der Waals surface area contributed by atoms with Crippen molar-refractivity contribution in [3.05, 3.63) is 57.2 Å². The smallest absolute Gasteiger partial charge is 0.134 e. The second-order valence-corrected chi connectivity index (χ2v) is 5.70. The molecule has 2 heterocycles. The fraction of sp³-hybridized carbons (Fsp3) is 0.0769. The molecule has 0 saturated carbocycles. The van der Waals surface area contributed by atoms with Gasteiger partial charge in [0.1, 0.15) is 17.2 Å². The van der Waals surface area contributed by atoms with Crippen LogP contribution in [0.1, 0.15) is 16.7 Å². The Kier molecular flexibility index (Phi) is 2.86. The lowest BCUT2D eigenvalue weighted by molar-refractivity contribution is 0.527. The molecule has 1 aromatic carbocycles. The van der Waals surface area contributed by atoms with E-state index in [0.29, 0.717) is 21.1 Å². The van der Waals surface area contributed by atoms with E-state index in [4.69, 9.17) is 21.8 Å². The monoisotopic (exact) mass is 281 g/mol. The molecule has 2 N–H and O–H groups in total. The Morgan fingerprint density at radius 2 is 2.06 bits per heavy atom. The van der Waals surface area contributed by atoms with Crippen LogP contribution in [0.15, 0.2) is 40.8 Å². The van der Waals surface area contributed by atoms with Crippen LogP contribution in [0, 0.1) is 5.82 Å². The van der Waals surface area contributed by atoms with Gasteiger partial charge in [-0.05, 0) is 36.4 Å². The molecule has 0 amide bonds. The van der Waals surface area contributed by atoms with E-state index in [2.05, 4.69) is 0 Å². The molecule has 2 aromatic heterocycles. The van der Waals surface area contributed by atoms with E-state index in [1.807, 2.05) is 6.07 Å². The minimum atomic E-state index is -0.377. The van der Waals surface area contributed by atoms with Crippen molar-refractivity contribution in [3.63, 3.8) is 0 Å². The Balaban J connectivity index is 2.03. The molecule has 0 aliphatic rings. The van der Waals surface area contributed by atoms with Crippen molar-refractivity contribution in [1.29, 1.82) is 0 Å². The average molecular weight is 282 g/mol. The van der Waals surface area contributed by atoms with Gasteiger partial charge in [-0.25, -0.2) is 4.39 Å². The van der Waals surface area contributed by atoms with Gasteiger partial charge in [0.2, 0.25) is 0 Å². The summed E-state index contributed by atoms with van der Waals surface area (Å²) in [6.45, 7) is 0. The highest BCUT2D eigenvalue weighted by molar-refractivity contribution is 7.16. The Morgan fingerprint density at radius 1 is 1.22 bits per heavy atom. The highest BCUT2D eigenvalue weighted by Crippen LogP contribution is 2.32. The first-order chi connectivity index (χ1) is 8.63. The summed E-state index contributed by atoms with van der Waals surface area (Å²) in [4.78, 5) is 0.916. The minimum absolute atomic E-state index is 0.289. The molecular weight excluding hydrogens is 273 g/mol. The summed E-state index contributed by atoms with van der Waals surface area (Å²) in [6.07, 6.45) is 0. The largest absolute Gasteiger partial charge is 0.459 e. The van der Waals surface area contributed by atoms with Crippen molar-refractivity contribution in [1.82, 2.24) is 0 Å². The molecule has 3 aromatic rings. The maximum absolute atomic E-state index is 13.1. The lowest BCUT2D eigenvalue weighted by Crippen LogP contribution is -2.08. The summed E-state index contributed by atoms with van der Waals surface area (Å²) in [5.41, 5.74) is 6.72. The van der Waals surface area contributed by atoms with Crippen molar-refractivity contribution >= 4 is 33.9 Å². The van der Waals surface area contributed by atoms with Gasteiger partial charge in [-0.15, -0.1) is 11.3 Å². The Morgan fingerprint density at radius 3 is 2.78 bits per heavy atom. The summed E-state index contributed by atoms with van der Waals surface area (Å²) in [6, 6.07) is 9.44. The topological polar surface area (TPSA) is 39.2 Å². The molecule has 0 bridgehead atoms. The molecule has 0 spiro atoms. The van der Waals surface area contributed by atoms with Crippen LogP contribution in [0.3, 0.4) is 0 Å². The molecule has 3 rings (SSSR count). The number of thiophene rings is 1. The van der Waals surface area contributed by atoms with Crippen molar-refractivity contribution in [2.24, 2.45) is 5.73 Å². The van der Waals surface area contributed by atoms with Crippen LogP contribution in [-0.4, -0.2) is 0 Å². The number of hydrogen-bond donors (Lipinski definition) is 1. The lowest BCUT2D eigenvalue weighted by atomic mass is 10.2. The number of rotatable bonds is 2. The van der Waals surface area contributed by atoms with E-state index in [1.54, 1.807) is 18.2 Å². The quantitative estimate of drug-likeness (QED) is 0.759. The zero-order valence-corrected chi connectivity index (χ0v) is 10.8. The van der Waals surface area contributed by atoms with E-state index in [1.165, 1.54) is 23.5 Å². The van der Waals surface area contributed by atoms with E-state index in [-0.39, 0.29) is 11.9 Å². The normalized spacial score (nSPS) is 13.1. The number of hydrogen-bond acceptors (Lipinski definition) is 3. The third kappa shape index (κ3) is 2.03. The molecule has 0 aliphatic carbocycles. The summed E-state index contributed by atoms with van der Waals surface area (Å²) in [5, 5.41) is 0.711. The zero-order chi connectivity index (χ0) is 12.7. The number of furan rings is 1. The predicted molar refractivity (Wildman–Crippen MR) is 71.5 cm³/mol. The van der Waals surface area contributed by atoms with Crippen molar-refractivity contribution in [3.8, 4) is 0 Å². The van der Waals surface area contributed by atoms with E-state index < -0.39 is 0 Å². The SMILES string of the molecule is NC(c1cc2cc(F)ccc2o1)c1ccc(Cl)s1. The summed E-state index contributed by atoms with van der Waals surface area (Å²) < 4.78 is 19.4. The molecular formula is C13H9ClFNOS. The number of benzene rings is 1. The van der Waals surface area contributed by atoms with Gasteiger partial charge >= 0.3 is 0 Å². The summed E-state index contributed by atoms with van der Waals surface area (Å²) in [7, 11) is 0. The van der Waals surface area contributed by atoms with Crippen LogP contribution in [0.4, 0.5) is 4.39 Å². The van der Waals surface area contributed by atoms with Gasteiger partial charge in [-0.2, -0.15) is 0 Å². The van der Waals surface area contributed by atoms with Gasteiger partial charge in [-0.3, -0.25) is 0 Å². The van der Waals surface area contributed by atoms with E-state index in [0.717, 1.165) is 4.88 Å². The standard InChI is InChI=1S/C13H9ClFNOS/c14-12-4-3-11(18-12)13(16)10-6-7-5-8(15)1-2-9(7)17-10/h1-6,13H,16H2. The number of fused-ring (bicyclic) bond motifs is 1. The van der Waals surface area contributed by atoms with Crippen LogP contribution in [0.5, 0.6) is 0 Å². The van der Waals surface area contributed by atoms with E-state index in [9.17, 15) is 4.39 Å². The molecule has 2 nitrogen and oxygen atoms in total. The third-order valence-corrected chi connectivity index (χ3v) is 4.02. The summed E-state index contributed by atoms with van der Waals surface area (Å²) in [5.74, 6) is 0.316. The van der Waals surface area contributed by atoms with Gasteiger partial charge in [0, 0.05) is 10.3 Å². The van der Waals surface area contributed by atoms with Gasteiger partial charge in [0.15, 0.2) is 0 Å². The van der Waals surface area contributed by atoms with Crippen molar-refractivity contribution in [2.45, 2.75) is 6.04 Å². The minimum Gasteiger partial charge on any atom is -0.459 e. The van der Waals surface area contributed by atoms with Gasteiger partial charge in [0.05, 0.1) is 10.4 Å². The number of halogens is 2. The van der Waals surface area contributed by atoms with Gasteiger partial charge in [0.25, 0.3) is 0 Å². The molecule has 0 fully saturated rings. The number of nitrogens with two attached hydrogens (primary N) is 1. The second-order valence-electron chi connectivity index (χ2n) is 3.95. The third-order valence-electron chi connectivity index (χ3n) is 2.70. The Labute approximate surface area is 112 Å². The van der Waals surface area contributed by atoms with E-state index >= 15 is 0 Å². The van der Waals surface area contributed by atoms with Crippen molar-refractivity contribution < 1.29 is 8.81 Å². The fourth-order valence-corrected chi connectivity index (χ4v) is 2.89. The first kappa shape index (κ1) is 11.7. The maximum Gasteiger partial charge on any atom is 0.134 e. The highest BCUT2D eigenvalue weighted by atomic mass is 35.5. The van der Waals surface area contributed by atoms with Crippen LogP contribution >= 0.6 is 22.9 Å². The maximum atomic E-state index is 13.1. The van der Waals surface area contributed by atoms with Crippen LogP contribution in [-0.2, 0) is 0 Å². The first-order valence-electron chi connectivity index (χ1n) is 5.33. The fourth-order valence-electron chi connectivity index (χ4n) is 1.82. The lowest BCUT2D eigenvalue weighted by Gasteiger charge is -2.04. The molecule has 18 heavy (non-hydrogen) atoms. The molecule has 0 saturated heterocycles. The first-order valence-corrected chi connectivity index (χ1v) is 6.53. The van der Waals surface area contributed by atoms with Crippen molar-refractivity contribution in [2.75, 3.05) is 0 Å².